The van der Waals surface area contributed by atoms with E-state index in [9.17, 15) is 0 Å². The molecule has 0 saturated heterocycles. The van der Waals surface area contributed by atoms with Gasteiger partial charge in [-0.2, -0.15) is 31.3 Å². The van der Waals surface area contributed by atoms with Gasteiger partial charge in [-0.1, -0.05) is 0 Å². The summed E-state index contributed by atoms with van der Waals surface area (Å²) in [7, 11) is -33.2. The molecule has 0 heterocycles. The van der Waals surface area contributed by atoms with Gasteiger partial charge in [0.2, 0.25) is 0 Å². The Kier molecular flexibility index (Phi) is 230. The molecule has 0 atom stereocenters. The largest absolute Gasteiger partial charge is 3.00 e. The molecule has 254 valence electrons. The maximum atomic E-state index is 8.55. The van der Waals surface area contributed by atoms with E-state index in [4.69, 9.17) is 137 Å². The Morgan fingerprint density at radius 1 is 0.271 bits per heavy atom. The molecule has 0 bridgehead atoms. The van der Waals surface area contributed by atoms with Crippen molar-refractivity contribution in [3.8, 4) is 0 Å². The van der Waals surface area contributed by atoms with Gasteiger partial charge in [0.25, 0.3) is 0 Å². The van der Waals surface area contributed by atoms with Crippen molar-refractivity contribution < 1.29 is 204 Å². The first-order chi connectivity index (χ1) is 14.9. The van der Waals surface area contributed by atoms with Crippen LogP contribution in [0.25, 0.3) is 0 Å². The van der Waals surface area contributed by atoms with Crippen LogP contribution in [0.15, 0.2) is 0 Å². The van der Waals surface area contributed by atoms with Crippen LogP contribution in [0.4, 0.5) is 0 Å². The van der Waals surface area contributed by atoms with Crippen molar-refractivity contribution >= 4 is 295 Å². The van der Waals surface area contributed by atoms with Crippen molar-refractivity contribution in [2.24, 2.45) is 0 Å². The summed E-state index contributed by atoms with van der Waals surface area (Å²) in [6.07, 6.45) is 0. The quantitative estimate of drug-likeness (QED) is 0.160. The zero-order valence-electron chi connectivity index (χ0n) is 22.4. The summed E-state index contributed by atoms with van der Waals surface area (Å²) in [6, 6.07) is 0. The van der Waals surface area contributed by atoms with Crippen molar-refractivity contribution in [2.75, 3.05) is 0 Å². The minimum atomic E-state index is -5.39. The normalized spacial score (nSPS) is 7.17. The third-order valence-electron chi connectivity index (χ3n) is 0. The first-order valence-corrected chi connectivity index (χ1v) is 11.6. The molecule has 0 aliphatic rings. The van der Waals surface area contributed by atoms with Gasteiger partial charge in [0.05, 0.1) is 0 Å². The molecule has 0 unspecified atom stereocenters. The van der Waals surface area contributed by atoms with Crippen LogP contribution >= 0.6 is 31.3 Å². The Morgan fingerprint density at radius 3 is 0.271 bits per heavy atom. The van der Waals surface area contributed by atoms with Gasteiger partial charge in [0.1, 0.15) is 0 Å². The van der Waals surface area contributed by atoms with E-state index in [-0.39, 0.29) is 302 Å². The molecule has 0 saturated carbocycles. The molecule has 0 rings (SSSR count). The van der Waals surface area contributed by atoms with Gasteiger partial charge in [-0.15, -0.1) is 0 Å². The zero-order valence-corrected chi connectivity index (χ0v) is 44.8. The van der Waals surface area contributed by atoms with E-state index in [1.54, 1.807) is 0 Å². The molecule has 0 aliphatic heterocycles. The van der Waals surface area contributed by atoms with Gasteiger partial charge in [-0.05, 0) is 0 Å². The topological polar surface area (TPSA) is 622 Å². The zero-order chi connectivity index (χ0) is 32.3. The van der Waals surface area contributed by atoms with E-state index < -0.39 is 60.6 Å². The summed E-state index contributed by atoms with van der Waals surface area (Å²) in [5.74, 6) is 0. The molecule has 48 heteroatoms. The fourth-order valence-corrected chi connectivity index (χ4v) is 0. The second kappa shape index (κ2) is 84.6. The monoisotopic (exact) mass is 1210 g/mol. The Bertz CT molecular complexity index is 487. The fraction of sp³-hybridized carbons (Fsp3) is 0. The SMILES string of the molecule is O=P([O-])([O-])[O-].O=P([O-])([O-])[O-].O=P([O-])([O-])[O-].O=P([O-])([O-])[O-].[Ag+].[Ag+].[Ag+].[Al+3].[Al+3].[Al+3].[Ca+2].[Ca+2].[Ca+2].[Mg+2].[Mg+2].[Mg+2].[O-]B([O-])[O-].[O-]B([O-])[O-].[O-]B([O-])[O-].[O-]B([O-])[O-]. The Morgan fingerprint density at radius 2 is 0.271 bits per heavy atom. The van der Waals surface area contributed by atoms with E-state index in [1.807, 2.05) is 0 Å². The molecule has 0 amide bonds. The Hall–Kier alpha value is 10.1. The van der Waals surface area contributed by atoms with Crippen LogP contribution in [0.3, 0.4) is 0 Å². The second-order valence-electron chi connectivity index (χ2n) is 2.94. The molecule has 0 aromatic rings. The fourth-order valence-electron chi connectivity index (χ4n) is 0. The standard InChI is InChI=1S/3Ag.3Al.4BO3.3Ca.3Mg.4H3O4P/c;;;;;;4*2-1(3)4;;;;;;;4*1-5(2,3)4/h;;;;;;;;;;;;;;;;4*(H3,1,2,3,4)/q3*+1;3*+3;4*-3;6*+2;;;;/p-12. The number of hydrogen-bond donors (Lipinski definition) is 0. The molecule has 0 spiro atoms. The summed E-state index contributed by atoms with van der Waals surface area (Å²) in [6.45, 7) is 0. The number of hydrogen-bond acceptors (Lipinski definition) is 28. The van der Waals surface area contributed by atoms with Gasteiger partial charge in [-0.25, -0.2) is 0 Å². The molecule has 0 aliphatic carbocycles. The van der Waals surface area contributed by atoms with Crippen molar-refractivity contribution in [2.45, 2.75) is 0 Å². The van der Waals surface area contributed by atoms with Crippen LogP contribution in [0.2, 0.25) is 0 Å². The van der Waals surface area contributed by atoms with Crippen molar-refractivity contribution in [1.29, 1.82) is 0 Å². The molecule has 0 aromatic heterocycles. The average molecular weight is 1210 g/mol. The molecule has 0 radical (unpaired) electrons. The van der Waals surface area contributed by atoms with Gasteiger partial charge < -0.3 is 137 Å². The molecule has 48 heavy (non-hydrogen) atoms. The van der Waals surface area contributed by atoms with Gasteiger partial charge >= 0.3 is 302 Å². The molecular weight excluding hydrogens is 1210 g/mol. The maximum absolute atomic E-state index is 8.55. The van der Waals surface area contributed by atoms with Crippen molar-refractivity contribution in [3.63, 3.8) is 0 Å². The predicted octanol–water partition coefficient (Wildman–Crippen LogP) is -30.5. The molecule has 0 aromatic carbocycles. The maximum Gasteiger partial charge on any atom is 3.00 e. The van der Waals surface area contributed by atoms with Gasteiger partial charge in [-0.3, -0.25) is 29.3 Å². The number of rotatable bonds is 0. The average Bonchev–Trinajstić information content (AvgIpc) is 2.24. The minimum Gasteiger partial charge on any atom is -0.907 e. The minimum absolute atomic E-state index is 0. The third-order valence-corrected chi connectivity index (χ3v) is 0. The predicted molar refractivity (Wildman–Crippen MR) is 105 cm³/mol. The molecule has 0 N–H and O–H groups in total. The summed E-state index contributed by atoms with van der Waals surface area (Å²) in [5.41, 5.74) is 0. The number of phosphoric acid groups is 4. The first-order valence-electron chi connectivity index (χ1n) is 5.75. The Balaban J connectivity index is -0.0000000100. The van der Waals surface area contributed by atoms with Crippen LogP contribution < -0.4 is 119 Å². The first kappa shape index (κ1) is 130. The van der Waals surface area contributed by atoms with E-state index in [1.165, 1.54) is 0 Å². The summed E-state index contributed by atoms with van der Waals surface area (Å²) < 4.78 is 34.2. The third kappa shape index (κ3) is 1670. The second-order valence-corrected chi connectivity index (χ2v) is 6.52. The van der Waals surface area contributed by atoms with Crippen LogP contribution in [-0.4, -0.2) is 264 Å². The Labute approximate surface area is 489 Å². The van der Waals surface area contributed by atoms with Crippen molar-refractivity contribution in [1.82, 2.24) is 0 Å². The van der Waals surface area contributed by atoms with Crippen molar-refractivity contribution in [3.05, 3.63) is 0 Å². The van der Waals surface area contributed by atoms with Crippen LogP contribution in [0.1, 0.15) is 0 Å². The van der Waals surface area contributed by atoms with Gasteiger partial charge in [0.15, 0.2) is 0 Å². The van der Waals surface area contributed by atoms with Crippen LogP contribution in [0, 0.1) is 0 Å². The van der Waals surface area contributed by atoms with E-state index in [0.717, 1.165) is 0 Å². The van der Waals surface area contributed by atoms with E-state index in [2.05, 4.69) is 0 Å². The van der Waals surface area contributed by atoms with E-state index >= 15 is 0 Å². The summed E-state index contributed by atoms with van der Waals surface area (Å²) in [5, 5.41) is 101. The summed E-state index contributed by atoms with van der Waals surface area (Å²) in [4.78, 5) is 103. The molecule has 0 fully saturated rings. The summed E-state index contributed by atoms with van der Waals surface area (Å²) >= 11 is 0. The van der Waals surface area contributed by atoms with Crippen LogP contribution in [0.5, 0.6) is 0 Å². The van der Waals surface area contributed by atoms with Crippen LogP contribution in [-0.2, 0) is 85.4 Å². The molecular formula is Ag3Al3B4Ca3Mg3O28P4. The van der Waals surface area contributed by atoms with E-state index in [0.29, 0.717) is 0 Å². The molecule has 28 nitrogen and oxygen atoms in total. The smallest absolute Gasteiger partial charge is 0.907 e. The van der Waals surface area contributed by atoms with Gasteiger partial charge in [0, 0.05) is 0 Å².